The van der Waals surface area contributed by atoms with Gasteiger partial charge >= 0.3 is 5.97 Å². The fourth-order valence-corrected chi connectivity index (χ4v) is 11.0. The minimum atomic E-state index is -1.60. The SMILES string of the molecule is CO[C@@H]1[C@@H](O)[C@H](O[C@H]2CC[C@@]3(C)[C@H](CC[C@@H]4[C@@H]3CC[C@]3(C)C(C5=CC(=O)OC5)=CC[C@]43O)C2)O[C@H](C)[C@@H]1O[C@@H]1O[C@H](CO)[C@@H](O)[C@H](O)[C@H]1O. The number of methoxy groups -OCH3 is 1. The topological polar surface area (TPSA) is 194 Å². The molecule has 2 saturated heterocycles. The molecule has 13 nitrogen and oxygen atoms in total. The van der Waals surface area contributed by atoms with E-state index in [1.807, 2.05) is 0 Å². The first-order valence-corrected chi connectivity index (χ1v) is 18.0. The quantitative estimate of drug-likeness (QED) is 0.163. The van der Waals surface area contributed by atoms with Gasteiger partial charge in [0.15, 0.2) is 12.6 Å². The van der Waals surface area contributed by atoms with Crippen LogP contribution in [0.1, 0.15) is 72.1 Å². The summed E-state index contributed by atoms with van der Waals surface area (Å²) in [7, 11) is 1.43. The van der Waals surface area contributed by atoms with Gasteiger partial charge in [0.1, 0.15) is 49.3 Å². The van der Waals surface area contributed by atoms with Crippen LogP contribution in [-0.2, 0) is 33.2 Å². The molecule has 4 aliphatic carbocycles. The monoisotopic (exact) mass is 694 g/mol. The van der Waals surface area contributed by atoms with Crippen molar-refractivity contribution >= 4 is 5.97 Å². The first-order chi connectivity index (χ1) is 23.3. The summed E-state index contributed by atoms with van der Waals surface area (Å²) >= 11 is 0. The molecular weight excluding hydrogens is 640 g/mol. The Hall–Kier alpha value is -1.49. The molecule has 5 fully saturated rings. The van der Waals surface area contributed by atoms with E-state index in [0.29, 0.717) is 18.3 Å². The highest BCUT2D eigenvalue weighted by Crippen LogP contribution is 2.68. The summed E-state index contributed by atoms with van der Waals surface area (Å²) in [4.78, 5) is 11.9. The fourth-order valence-electron chi connectivity index (χ4n) is 11.0. The van der Waals surface area contributed by atoms with Crippen LogP contribution >= 0.6 is 0 Å². The molecule has 0 aromatic carbocycles. The average molecular weight is 695 g/mol. The summed E-state index contributed by atoms with van der Waals surface area (Å²) in [6, 6.07) is 0. The second-order valence-electron chi connectivity index (χ2n) is 16.1. The molecule has 3 saturated carbocycles. The summed E-state index contributed by atoms with van der Waals surface area (Å²) < 4.78 is 35.0. The second kappa shape index (κ2) is 13.2. The summed E-state index contributed by atoms with van der Waals surface area (Å²) in [6.07, 6.45) is -1.52. The number of rotatable bonds is 7. The average Bonchev–Trinajstić information content (AvgIpc) is 3.62. The molecule has 0 aromatic heterocycles. The van der Waals surface area contributed by atoms with Gasteiger partial charge in [0.05, 0.1) is 24.4 Å². The van der Waals surface area contributed by atoms with E-state index in [-0.39, 0.29) is 30.0 Å². The first kappa shape index (κ1) is 35.9. The van der Waals surface area contributed by atoms with E-state index in [1.54, 1.807) is 13.0 Å². The van der Waals surface area contributed by atoms with Crippen molar-refractivity contribution in [3.05, 3.63) is 23.3 Å². The normalized spacial score (nSPS) is 52.8. The number of fused-ring (bicyclic) bond motifs is 5. The minimum absolute atomic E-state index is 0.0347. The highest BCUT2D eigenvalue weighted by molar-refractivity contribution is 5.86. The highest BCUT2D eigenvalue weighted by Gasteiger charge is 2.66. The van der Waals surface area contributed by atoms with Crippen molar-refractivity contribution < 1.29 is 63.9 Å². The number of esters is 1. The molecule has 0 unspecified atom stereocenters. The summed E-state index contributed by atoms with van der Waals surface area (Å²) in [6.45, 7) is 5.99. The number of aliphatic hydroxyl groups is 6. The van der Waals surface area contributed by atoms with E-state index in [9.17, 15) is 35.4 Å². The van der Waals surface area contributed by atoms with E-state index in [4.69, 9.17) is 28.4 Å². The molecule has 0 radical (unpaired) electrons. The van der Waals surface area contributed by atoms with Crippen molar-refractivity contribution in [1.29, 1.82) is 0 Å². The largest absolute Gasteiger partial charge is 0.458 e. The predicted octanol–water partition coefficient (Wildman–Crippen LogP) is 0.855. The molecule has 7 rings (SSSR count). The molecule has 7 aliphatic rings. The maximum absolute atomic E-state index is 12.5. The minimum Gasteiger partial charge on any atom is -0.458 e. The van der Waals surface area contributed by atoms with Gasteiger partial charge in [-0.05, 0) is 87.0 Å². The number of aliphatic hydroxyl groups excluding tert-OH is 5. The van der Waals surface area contributed by atoms with Gasteiger partial charge < -0.3 is 59.1 Å². The molecule has 49 heavy (non-hydrogen) atoms. The van der Waals surface area contributed by atoms with Gasteiger partial charge in [-0.1, -0.05) is 19.9 Å². The van der Waals surface area contributed by atoms with E-state index in [0.717, 1.165) is 56.1 Å². The number of hydrogen-bond acceptors (Lipinski definition) is 13. The third-order valence-corrected chi connectivity index (χ3v) is 13.9. The molecule has 6 N–H and O–H groups in total. The molecule has 13 heteroatoms. The van der Waals surface area contributed by atoms with Crippen molar-refractivity contribution in [3.8, 4) is 0 Å². The van der Waals surface area contributed by atoms with Crippen LogP contribution in [0.25, 0.3) is 0 Å². The standard InChI is InChI=1S/C36H54O13/c1-17-30(49-32-28(41)27(40)26(39)24(15-37)48-32)31(44-4)29(42)33(46-17)47-20-7-10-34(2)19(14-20)5-6-23-22(34)8-11-35(3)21(9-12-36(23,35)43)18-13-25(38)45-16-18/h9,13,17,19-20,22-24,26-33,37,39-43H,5-8,10-12,14-16H2,1-4H3/t17-,19-,20+,22+,23-,24-,26-,27+,28-,29-,30+,31-,32+,33+,34+,35-,36+/m1/s1. The zero-order valence-electron chi connectivity index (χ0n) is 28.8. The van der Waals surface area contributed by atoms with Crippen molar-refractivity contribution in [2.75, 3.05) is 20.3 Å². The number of ether oxygens (including phenoxy) is 6. The van der Waals surface area contributed by atoms with Crippen molar-refractivity contribution in [3.63, 3.8) is 0 Å². The van der Waals surface area contributed by atoms with E-state index >= 15 is 0 Å². The van der Waals surface area contributed by atoms with Crippen LogP contribution in [0.4, 0.5) is 0 Å². The highest BCUT2D eigenvalue weighted by atomic mass is 16.7. The van der Waals surface area contributed by atoms with Crippen LogP contribution in [0.5, 0.6) is 0 Å². The lowest BCUT2D eigenvalue weighted by Crippen LogP contribution is -2.64. The number of hydrogen-bond donors (Lipinski definition) is 6. The predicted molar refractivity (Wildman–Crippen MR) is 170 cm³/mol. The van der Waals surface area contributed by atoms with Crippen molar-refractivity contribution in [1.82, 2.24) is 0 Å². The zero-order chi connectivity index (χ0) is 35.0. The Balaban J connectivity index is 0.991. The molecule has 0 spiro atoms. The second-order valence-corrected chi connectivity index (χ2v) is 16.1. The maximum Gasteiger partial charge on any atom is 0.331 e. The molecule has 0 amide bonds. The lowest BCUT2D eigenvalue weighted by molar-refractivity contribution is -0.362. The van der Waals surface area contributed by atoms with Crippen LogP contribution in [0.3, 0.4) is 0 Å². The summed E-state index contributed by atoms with van der Waals surface area (Å²) in [5, 5.41) is 64.3. The molecular formula is C36H54O13. The van der Waals surface area contributed by atoms with Gasteiger partial charge in [-0.3, -0.25) is 0 Å². The summed E-state index contributed by atoms with van der Waals surface area (Å²) in [5.74, 6) is 0.597. The summed E-state index contributed by atoms with van der Waals surface area (Å²) in [5.41, 5.74) is 0.749. The van der Waals surface area contributed by atoms with Crippen molar-refractivity contribution in [2.45, 2.75) is 145 Å². The number of cyclic esters (lactones) is 1. The molecule has 0 bridgehead atoms. The molecule has 3 heterocycles. The molecule has 276 valence electrons. The Labute approximate surface area is 287 Å². The van der Waals surface area contributed by atoms with Crippen LogP contribution in [-0.4, -0.2) is 130 Å². The Morgan fingerprint density at radius 2 is 1.65 bits per heavy atom. The zero-order valence-corrected chi connectivity index (χ0v) is 28.8. The van der Waals surface area contributed by atoms with Gasteiger partial charge in [-0.2, -0.15) is 0 Å². The van der Waals surface area contributed by atoms with Gasteiger partial charge in [0, 0.05) is 24.2 Å². The van der Waals surface area contributed by atoms with Crippen LogP contribution < -0.4 is 0 Å². The molecule has 3 aliphatic heterocycles. The van der Waals surface area contributed by atoms with Gasteiger partial charge in [0.2, 0.25) is 0 Å². The smallest absolute Gasteiger partial charge is 0.331 e. The Morgan fingerprint density at radius 1 is 0.898 bits per heavy atom. The molecule has 0 aromatic rings. The maximum atomic E-state index is 12.5. The van der Waals surface area contributed by atoms with Gasteiger partial charge in [-0.25, -0.2) is 4.79 Å². The van der Waals surface area contributed by atoms with Crippen molar-refractivity contribution in [2.24, 2.45) is 28.6 Å². The van der Waals surface area contributed by atoms with Gasteiger partial charge in [-0.15, -0.1) is 0 Å². The van der Waals surface area contributed by atoms with E-state index < -0.39 is 79.0 Å². The molecule has 17 atom stereocenters. The number of carbonyl (C=O) groups is 1. The Morgan fingerprint density at radius 3 is 2.35 bits per heavy atom. The first-order valence-electron chi connectivity index (χ1n) is 18.0. The van der Waals surface area contributed by atoms with E-state index in [2.05, 4.69) is 19.9 Å². The lowest BCUT2D eigenvalue weighted by Gasteiger charge is -2.63. The third-order valence-electron chi connectivity index (χ3n) is 13.9. The fraction of sp³-hybridized carbons (Fsp3) is 0.861. The third kappa shape index (κ3) is 5.67. The Kier molecular flexibility index (Phi) is 9.65. The van der Waals surface area contributed by atoms with Crippen LogP contribution in [0.15, 0.2) is 23.3 Å². The van der Waals surface area contributed by atoms with Crippen LogP contribution in [0, 0.1) is 28.6 Å². The Bertz CT molecular complexity index is 1320. The lowest BCUT2D eigenvalue weighted by atomic mass is 9.43. The van der Waals surface area contributed by atoms with Gasteiger partial charge in [0.25, 0.3) is 0 Å². The van der Waals surface area contributed by atoms with E-state index in [1.165, 1.54) is 7.11 Å². The number of carbonyl (C=O) groups excluding carboxylic acids is 1. The van der Waals surface area contributed by atoms with Crippen LogP contribution in [0.2, 0.25) is 0 Å².